The van der Waals surface area contributed by atoms with Gasteiger partial charge in [-0.1, -0.05) is 20.8 Å². The van der Waals surface area contributed by atoms with Crippen LogP contribution < -0.4 is 5.32 Å². The van der Waals surface area contributed by atoms with E-state index in [9.17, 15) is 9.59 Å². The van der Waals surface area contributed by atoms with Gasteiger partial charge in [0.25, 0.3) is 0 Å². The third kappa shape index (κ3) is 2.45. The van der Waals surface area contributed by atoms with Crippen molar-refractivity contribution in [3.8, 4) is 0 Å². The van der Waals surface area contributed by atoms with Gasteiger partial charge in [-0.15, -0.1) is 0 Å². The van der Waals surface area contributed by atoms with Gasteiger partial charge in [-0.2, -0.15) is 0 Å². The van der Waals surface area contributed by atoms with E-state index >= 15 is 0 Å². The normalized spacial score (nSPS) is 29.8. The smallest absolute Gasteiger partial charge is 0.246 e. The van der Waals surface area contributed by atoms with Crippen molar-refractivity contribution in [2.75, 3.05) is 6.54 Å². The van der Waals surface area contributed by atoms with E-state index in [-0.39, 0.29) is 29.8 Å². The molecule has 0 bridgehead atoms. The van der Waals surface area contributed by atoms with E-state index < -0.39 is 0 Å². The van der Waals surface area contributed by atoms with Gasteiger partial charge in [-0.3, -0.25) is 9.59 Å². The molecule has 0 aromatic heterocycles. The summed E-state index contributed by atoms with van der Waals surface area (Å²) in [6, 6.07) is -0.581. The van der Waals surface area contributed by atoms with Crippen LogP contribution >= 0.6 is 0 Å². The second-order valence-corrected chi connectivity index (χ2v) is 5.59. The lowest BCUT2D eigenvalue weighted by molar-refractivity contribution is -0.151. The first kappa shape index (κ1) is 12.4. The summed E-state index contributed by atoms with van der Waals surface area (Å²) in [5, 5.41) is 2.86. The molecular formula is C13H22N2O2. The van der Waals surface area contributed by atoms with Crippen LogP contribution in [-0.4, -0.2) is 35.3 Å². The average molecular weight is 238 g/mol. The highest BCUT2D eigenvalue weighted by Gasteiger charge is 2.42. The van der Waals surface area contributed by atoms with Crippen LogP contribution in [0.3, 0.4) is 0 Å². The van der Waals surface area contributed by atoms with Crippen molar-refractivity contribution in [3.63, 3.8) is 0 Å². The predicted molar refractivity (Wildman–Crippen MR) is 65.3 cm³/mol. The molecule has 17 heavy (non-hydrogen) atoms. The van der Waals surface area contributed by atoms with Crippen LogP contribution in [0.1, 0.15) is 40.0 Å². The van der Waals surface area contributed by atoms with E-state index in [2.05, 4.69) is 5.32 Å². The summed E-state index contributed by atoms with van der Waals surface area (Å²) in [4.78, 5) is 26.2. The third-order valence-electron chi connectivity index (χ3n) is 3.73. The number of nitrogens with zero attached hydrogens (tertiary/aromatic N) is 1. The number of piperazine rings is 1. The van der Waals surface area contributed by atoms with Crippen molar-refractivity contribution >= 4 is 11.8 Å². The molecule has 2 aliphatic rings. The van der Waals surface area contributed by atoms with Crippen LogP contribution in [0.5, 0.6) is 0 Å². The van der Waals surface area contributed by atoms with E-state index in [1.54, 1.807) is 0 Å². The number of rotatable bonds is 4. The average Bonchev–Trinajstić information content (AvgIpc) is 3.07. The summed E-state index contributed by atoms with van der Waals surface area (Å²) >= 11 is 0. The minimum atomic E-state index is -0.330. The molecule has 1 aliphatic carbocycles. The number of carbonyl (C=O) groups is 2. The molecule has 1 saturated heterocycles. The third-order valence-corrected chi connectivity index (χ3v) is 3.73. The summed E-state index contributed by atoms with van der Waals surface area (Å²) in [5.41, 5.74) is 0. The van der Waals surface area contributed by atoms with Crippen molar-refractivity contribution in [3.05, 3.63) is 0 Å². The maximum Gasteiger partial charge on any atom is 0.246 e. The Hall–Kier alpha value is -1.06. The standard InChI is InChI=1S/C13H22N2O2/c1-4-10-12(16)14-11(8(2)3)13(17)15(10)7-9-5-6-9/h8-11H,4-7H2,1-3H3,(H,14,16). The summed E-state index contributed by atoms with van der Waals surface area (Å²) in [5.74, 6) is 0.919. The fraction of sp³-hybridized carbons (Fsp3) is 0.846. The van der Waals surface area contributed by atoms with Crippen LogP contribution in [-0.2, 0) is 9.59 Å². The Morgan fingerprint density at radius 2 is 2.00 bits per heavy atom. The molecule has 0 aromatic carbocycles. The Labute approximate surface area is 103 Å². The minimum absolute atomic E-state index is 0.0199. The molecule has 2 amide bonds. The van der Waals surface area contributed by atoms with E-state index in [1.165, 1.54) is 12.8 Å². The van der Waals surface area contributed by atoms with Gasteiger partial charge >= 0.3 is 0 Å². The fourth-order valence-electron chi connectivity index (χ4n) is 2.44. The lowest BCUT2D eigenvalue weighted by Crippen LogP contribution is -2.64. The van der Waals surface area contributed by atoms with Crippen LogP contribution in [0.2, 0.25) is 0 Å². The first-order chi connectivity index (χ1) is 8.04. The lowest BCUT2D eigenvalue weighted by atomic mass is 9.96. The Kier molecular flexibility index (Phi) is 3.40. The van der Waals surface area contributed by atoms with Crippen LogP contribution in [0, 0.1) is 11.8 Å². The summed E-state index contributed by atoms with van der Waals surface area (Å²) in [7, 11) is 0. The Balaban J connectivity index is 2.15. The maximum absolute atomic E-state index is 12.4. The number of amides is 2. The van der Waals surface area contributed by atoms with Crippen molar-refractivity contribution in [2.45, 2.75) is 52.1 Å². The molecule has 2 rings (SSSR count). The maximum atomic E-state index is 12.4. The zero-order chi connectivity index (χ0) is 12.6. The van der Waals surface area contributed by atoms with Gasteiger partial charge < -0.3 is 10.2 Å². The predicted octanol–water partition coefficient (Wildman–Crippen LogP) is 1.16. The number of hydrogen-bond acceptors (Lipinski definition) is 2. The molecule has 1 saturated carbocycles. The molecule has 96 valence electrons. The number of carbonyl (C=O) groups excluding carboxylic acids is 2. The lowest BCUT2D eigenvalue weighted by Gasteiger charge is -2.40. The van der Waals surface area contributed by atoms with Crippen molar-refractivity contribution in [1.82, 2.24) is 10.2 Å². The highest BCUT2D eigenvalue weighted by atomic mass is 16.2. The second kappa shape index (κ2) is 4.67. The van der Waals surface area contributed by atoms with Crippen LogP contribution in [0.25, 0.3) is 0 Å². The minimum Gasteiger partial charge on any atom is -0.342 e. The summed E-state index contributed by atoms with van der Waals surface area (Å²) in [6.07, 6.45) is 3.11. The SMILES string of the molecule is CCC1C(=O)NC(C(C)C)C(=O)N1CC1CC1. The molecule has 2 fully saturated rings. The summed E-state index contributed by atoms with van der Waals surface area (Å²) in [6.45, 7) is 6.69. The Morgan fingerprint density at radius 3 is 2.47 bits per heavy atom. The van der Waals surface area contributed by atoms with E-state index in [4.69, 9.17) is 0 Å². The first-order valence-electron chi connectivity index (χ1n) is 6.65. The monoisotopic (exact) mass is 238 g/mol. The Bertz CT molecular complexity index is 323. The Morgan fingerprint density at radius 1 is 1.35 bits per heavy atom. The molecule has 0 spiro atoms. The first-order valence-corrected chi connectivity index (χ1v) is 6.65. The molecule has 2 atom stereocenters. The quantitative estimate of drug-likeness (QED) is 0.799. The summed E-state index contributed by atoms with van der Waals surface area (Å²) < 4.78 is 0. The zero-order valence-corrected chi connectivity index (χ0v) is 10.9. The van der Waals surface area contributed by atoms with E-state index in [0.29, 0.717) is 12.3 Å². The van der Waals surface area contributed by atoms with Gasteiger partial charge in [0.15, 0.2) is 0 Å². The molecule has 4 nitrogen and oxygen atoms in total. The molecule has 0 aromatic rings. The van der Waals surface area contributed by atoms with Gasteiger partial charge in [0.1, 0.15) is 12.1 Å². The van der Waals surface area contributed by atoms with Gasteiger partial charge in [-0.25, -0.2) is 0 Å². The van der Waals surface area contributed by atoms with E-state index in [1.807, 2.05) is 25.7 Å². The molecule has 1 aliphatic heterocycles. The van der Waals surface area contributed by atoms with Crippen molar-refractivity contribution in [1.29, 1.82) is 0 Å². The molecule has 2 unspecified atom stereocenters. The zero-order valence-electron chi connectivity index (χ0n) is 10.9. The van der Waals surface area contributed by atoms with Gasteiger partial charge in [0, 0.05) is 6.54 Å². The van der Waals surface area contributed by atoms with Crippen molar-refractivity contribution in [2.24, 2.45) is 11.8 Å². The highest BCUT2D eigenvalue weighted by molar-refractivity contribution is 5.97. The van der Waals surface area contributed by atoms with Crippen molar-refractivity contribution < 1.29 is 9.59 Å². The molecule has 4 heteroatoms. The van der Waals surface area contributed by atoms with Gasteiger partial charge in [0.2, 0.25) is 11.8 Å². The van der Waals surface area contributed by atoms with E-state index in [0.717, 1.165) is 6.54 Å². The highest BCUT2D eigenvalue weighted by Crippen LogP contribution is 2.32. The molecular weight excluding hydrogens is 216 g/mol. The number of nitrogens with one attached hydrogen (secondary N) is 1. The van der Waals surface area contributed by atoms with Crippen LogP contribution in [0.15, 0.2) is 0 Å². The fourth-order valence-corrected chi connectivity index (χ4v) is 2.44. The van der Waals surface area contributed by atoms with Gasteiger partial charge in [-0.05, 0) is 31.1 Å². The number of hydrogen-bond donors (Lipinski definition) is 1. The topological polar surface area (TPSA) is 49.4 Å². The molecule has 0 radical (unpaired) electrons. The largest absolute Gasteiger partial charge is 0.342 e. The molecule has 1 N–H and O–H groups in total. The molecule has 1 heterocycles. The second-order valence-electron chi connectivity index (χ2n) is 5.59. The van der Waals surface area contributed by atoms with Crippen LogP contribution in [0.4, 0.5) is 0 Å². The van der Waals surface area contributed by atoms with Gasteiger partial charge in [0.05, 0.1) is 0 Å².